The molecule has 6 heterocycles. The summed E-state index contributed by atoms with van der Waals surface area (Å²) in [4.78, 5) is 28.4. The van der Waals surface area contributed by atoms with E-state index >= 15 is 0 Å². The van der Waals surface area contributed by atoms with Gasteiger partial charge in [-0.2, -0.15) is 5.26 Å². The number of hydrogen-bond acceptors (Lipinski definition) is 10. The summed E-state index contributed by atoms with van der Waals surface area (Å²) in [6, 6.07) is 6.75. The second-order valence-corrected chi connectivity index (χ2v) is 12.3. The maximum absolute atomic E-state index is 12.4. The molecule has 0 unspecified atom stereocenters. The Hall–Kier alpha value is -3.62. The standard InChI is InChI=1S/C30H39N7O4/c1-19-26-25(35-11-13-39-14-12-35)5-8-32-28(26)34-23-15-22(33-24(16-31)27(23)40-19)20-17-37(18-20)21-6-9-36(10-7-21)29(38)41-30(2,3)4/h5,8,15,19-21H,6-7,9-14,17-18H2,1-4H3,(H,32,34)/t19-/m0/s1. The molecule has 3 saturated heterocycles. The molecule has 11 heteroatoms. The third kappa shape index (κ3) is 5.63. The first-order valence-corrected chi connectivity index (χ1v) is 14.6. The molecule has 2 aromatic heterocycles. The lowest BCUT2D eigenvalue weighted by Gasteiger charge is -2.47. The monoisotopic (exact) mass is 561 g/mol. The number of carbonyl (C=O) groups excluding carboxylic acids is 1. The van der Waals surface area contributed by atoms with E-state index in [2.05, 4.69) is 26.2 Å². The number of morpholine rings is 1. The van der Waals surface area contributed by atoms with Crippen LogP contribution >= 0.6 is 0 Å². The normalized spacial score (nSPS) is 21.9. The lowest BCUT2D eigenvalue weighted by Crippen LogP contribution is -2.55. The van der Waals surface area contributed by atoms with Crippen molar-refractivity contribution in [1.82, 2.24) is 19.8 Å². The summed E-state index contributed by atoms with van der Waals surface area (Å²) >= 11 is 0. The van der Waals surface area contributed by atoms with Crippen molar-refractivity contribution in [2.24, 2.45) is 0 Å². The van der Waals surface area contributed by atoms with Gasteiger partial charge in [-0.15, -0.1) is 0 Å². The molecule has 3 fully saturated rings. The minimum absolute atomic E-state index is 0.228. The average Bonchev–Trinajstić information content (AvgIpc) is 3.07. The van der Waals surface area contributed by atoms with Gasteiger partial charge in [0.2, 0.25) is 0 Å². The largest absolute Gasteiger partial charge is 0.481 e. The van der Waals surface area contributed by atoms with Crippen LogP contribution in [-0.2, 0) is 9.47 Å². The van der Waals surface area contributed by atoms with Gasteiger partial charge in [0.15, 0.2) is 11.4 Å². The Kier molecular flexibility index (Phi) is 7.38. The van der Waals surface area contributed by atoms with E-state index in [1.165, 1.54) is 0 Å². The summed E-state index contributed by atoms with van der Waals surface area (Å²) in [5, 5.41) is 13.5. The van der Waals surface area contributed by atoms with Crippen molar-refractivity contribution in [1.29, 1.82) is 5.26 Å². The number of pyridine rings is 2. The van der Waals surface area contributed by atoms with Crippen molar-refractivity contribution in [2.45, 2.75) is 64.2 Å². The molecule has 4 aliphatic heterocycles. The molecule has 6 rings (SSSR count). The maximum atomic E-state index is 12.4. The van der Waals surface area contributed by atoms with E-state index in [-0.39, 0.29) is 18.1 Å². The lowest BCUT2D eigenvalue weighted by molar-refractivity contribution is 0.00566. The topological polar surface area (TPSA) is 116 Å². The molecular formula is C30H39N7O4. The second kappa shape index (κ2) is 11.0. The third-order valence-electron chi connectivity index (χ3n) is 8.33. The van der Waals surface area contributed by atoms with E-state index in [4.69, 9.17) is 19.2 Å². The molecule has 4 aliphatic rings. The molecule has 2 aromatic rings. The fourth-order valence-electron chi connectivity index (χ4n) is 6.19. The van der Waals surface area contributed by atoms with Crippen molar-refractivity contribution in [3.8, 4) is 11.8 Å². The Bertz CT molecular complexity index is 1330. The van der Waals surface area contributed by atoms with Gasteiger partial charge in [0, 0.05) is 68.8 Å². The highest BCUT2D eigenvalue weighted by Gasteiger charge is 2.38. The van der Waals surface area contributed by atoms with Crippen LogP contribution < -0.4 is 15.0 Å². The fraction of sp³-hybridized carbons (Fsp3) is 0.600. The van der Waals surface area contributed by atoms with E-state index in [0.717, 1.165) is 67.5 Å². The molecule has 1 amide bonds. The average molecular weight is 562 g/mol. The predicted molar refractivity (Wildman–Crippen MR) is 154 cm³/mol. The molecule has 218 valence electrons. The minimum atomic E-state index is -0.483. The van der Waals surface area contributed by atoms with Crippen molar-refractivity contribution in [3.05, 3.63) is 35.3 Å². The van der Waals surface area contributed by atoms with Crippen LogP contribution in [0.25, 0.3) is 0 Å². The number of nitrogens with zero attached hydrogens (tertiary/aromatic N) is 6. The van der Waals surface area contributed by atoms with Gasteiger partial charge in [-0.05, 0) is 52.7 Å². The highest BCUT2D eigenvalue weighted by molar-refractivity contribution is 5.75. The number of nitriles is 1. The second-order valence-electron chi connectivity index (χ2n) is 12.3. The SMILES string of the molecule is C[C@@H]1Oc2c(cc(C3CN(C4CCN(C(=O)OC(C)(C)C)CC4)C3)nc2C#N)Nc2nccc(N3CCOCC3)c21. The molecular weight excluding hydrogens is 522 g/mol. The third-order valence-corrected chi connectivity index (χ3v) is 8.33. The molecule has 1 atom stereocenters. The highest BCUT2D eigenvalue weighted by Crippen LogP contribution is 2.44. The number of piperidine rings is 1. The van der Waals surface area contributed by atoms with Crippen LogP contribution in [0.1, 0.15) is 69.5 Å². The van der Waals surface area contributed by atoms with Gasteiger partial charge >= 0.3 is 6.09 Å². The molecule has 0 bridgehead atoms. The summed E-state index contributed by atoms with van der Waals surface area (Å²) in [6.45, 7) is 13.8. The zero-order valence-electron chi connectivity index (χ0n) is 24.4. The first-order chi connectivity index (χ1) is 19.7. The van der Waals surface area contributed by atoms with Crippen LogP contribution in [0.15, 0.2) is 18.3 Å². The molecule has 41 heavy (non-hydrogen) atoms. The summed E-state index contributed by atoms with van der Waals surface area (Å²) in [6.07, 6.45) is 3.13. The number of nitrogens with one attached hydrogen (secondary N) is 1. The van der Waals surface area contributed by atoms with Crippen LogP contribution in [0.5, 0.6) is 5.75 Å². The van der Waals surface area contributed by atoms with Crippen molar-refractivity contribution in [2.75, 3.05) is 62.7 Å². The number of amides is 1. The number of ether oxygens (including phenoxy) is 3. The molecule has 0 aromatic carbocycles. The number of carbonyl (C=O) groups is 1. The van der Waals surface area contributed by atoms with Crippen LogP contribution in [0.4, 0.5) is 22.0 Å². The molecule has 0 aliphatic carbocycles. The van der Waals surface area contributed by atoms with E-state index in [1.807, 2.05) is 50.9 Å². The fourth-order valence-corrected chi connectivity index (χ4v) is 6.19. The Morgan fingerprint density at radius 3 is 2.59 bits per heavy atom. The van der Waals surface area contributed by atoms with Crippen molar-refractivity contribution in [3.63, 3.8) is 0 Å². The van der Waals surface area contributed by atoms with Gasteiger partial charge in [0.05, 0.1) is 24.5 Å². The summed E-state index contributed by atoms with van der Waals surface area (Å²) in [7, 11) is 0. The molecule has 0 spiro atoms. The summed E-state index contributed by atoms with van der Waals surface area (Å²) < 4.78 is 17.5. The van der Waals surface area contributed by atoms with Gasteiger partial charge in [-0.1, -0.05) is 0 Å². The van der Waals surface area contributed by atoms with Crippen molar-refractivity contribution < 1.29 is 19.0 Å². The van der Waals surface area contributed by atoms with Crippen LogP contribution in [0.3, 0.4) is 0 Å². The number of aromatic nitrogens is 2. The lowest BCUT2D eigenvalue weighted by atomic mass is 9.90. The minimum Gasteiger partial charge on any atom is -0.481 e. The molecule has 11 nitrogen and oxygen atoms in total. The number of likely N-dealkylation sites (tertiary alicyclic amines) is 2. The first kappa shape index (κ1) is 27.5. The van der Waals surface area contributed by atoms with Crippen LogP contribution in [0.2, 0.25) is 0 Å². The Morgan fingerprint density at radius 2 is 1.90 bits per heavy atom. The predicted octanol–water partition coefficient (Wildman–Crippen LogP) is 4.18. The Morgan fingerprint density at radius 1 is 1.17 bits per heavy atom. The molecule has 0 radical (unpaired) electrons. The quantitative estimate of drug-likeness (QED) is 0.585. The van der Waals surface area contributed by atoms with E-state index in [0.29, 0.717) is 43.8 Å². The Balaban J connectivity index is 1.15. The smallest absolute Gasteiger partial charge is 0.410 e. The van der Waals surface area contributed by atoms with Gasteiger partial charge in [0.25, 0.3) is 0 Å². The number of hydrogen-bond donors (Lipinski definition) is 1. The zero-order valence-corrected chi connectivity index (χ0v) is 24.4. The van der Waals surface area contributed by atoms with Crippen molar-refractivity contribution >= 4 is 23.3 Å². The zero-order chi connectivity index (χ0) is 28.7. The van der Waals surface area contributed by atoms with Gasteiger partial charge < -0.3 is 29.3 Å². The van der Waals surface area contributed by atoms with E-state index in [1.54, 1.807) is 0 Å². The Labute approximate surface area is 241 Å². The van der Waals surface area contributed by atoms with Gasteiger partial charge in [0.1, 0.15) is 23.6 Å². The van der Waals surface area contributed by atoms with Crippen LogP contribution in [0, 0.1) is 11.3 Å². The maximum Gasteiger partial charge on any atom is 0.410 e. The summed E-state index contributed by atoms with van der Waals surface area (Å²) in [5.74, 6) is 1.44. The summed E-state index contributed by atoms with van der Waals surface area (Å²) in [5.41, 5.74) is 3.48. The number of fused-ring (bicyclic) bond motifs is 2. The van der Waals surface area contributed by atoms with E-state index < -0.39 is 5.60 Å². The molecule has 0 saturated carbocycles. The number of anilines is 3. The van der Waals surface area contributed by atoms with E-state index in [9.17, 15) is 10.1 Å². The first-order valence-electron chi connectivity index (χ1n) is 14.6. The highest BCUT2D eigenvalue weighted by atomic mass is 16.6. The van der Waals surface area contributed by atoms with Gasteiger partial charge in [-0.3, -0.25) is 4.90 Å². The molecule has 1 N–H and O–H groups in total. The number of rotatable bonds is 3. The van der Waals surface area contributed by atoms with Gasteiger partial charge in [-0.25, -0.2) is 14.8 Å². The van der Waals surface area contributed by atoms with Crippen LogP contribution in [-0.4, -0.2) is 90.0 Å².